The molecule has 17 heavy (non-hydrogen) atoms. The quantitative estimate of drug-likeness (QED) is 0.635. The van der Waals surface area contributed by atoms with Crippen LogP contribution in [0.25, 0.3) is 0 Å². The van der Waals surface area contributed by atoms with E-state index in [9.17, 15) is 4.79 Å². The van der Waals surface area contributed by atoms with E-state index in [2.05, 4.69) is 15.5 Å². The zero-order valence-electron chi connectivity index (χ0n) is 8.85. The van der Waals surface area contributed by atoms with Crippen LogP contribution in [0, 0.1) is 0 Å². The van der Waals surface area contributed by atoms with E-state index in [1.165, 1.54) is 6.21 Å². The highest BCUT2D eigenvalue weighted by atomic mass is 35.5. The summed E-state index contributed by atoms with van der Waals surface area (Å²) < 4.78 is 0. The van der Waals surface area contributed by atoms with Crippen molar-refractivity contribution in [3.05, 3.63) is 58.9 Å². The van der Waals surface area contributed by atoms with Gasteiger partial charge in [0.25, 0.3) is 5.91 Å². The smallest absolute Gasteiger partial charge is 0.287 e. The number of rotatable bonds is 3. The monoisotopic (exact) mass is 247 g/mol. The summed E-state index contributed by atoms with van der Waals surface area (Å²) in [6.45, 7) is 0. The summed E-state index contributed by atoms with van der Waals surface area (Å²) in [4.78, 5) is 14.3. The first kappa shape index (κ1) is 11.4. The van der Waals surface area contributed by atoms with Gasteiger partial charge in [0.1, 0.15) is 5.69 Å². The first-order valence-electron chi connectivity index (χ1n) is 4.98. The van der Waals surface area contributed by atoms with Crippen LogP contribution in [0.3, 0.4) is 0 Å². The molecule has 0 atom stereocenters. The van der Waals surface area contributed by atoms with Gasteiger partial charge in [-0.05, 0) is 29.8 Å². The fourth-order valence-corrected chi connectivity index (χ4v) is 1.48. The lowest BCUT2D eigenvalue weighted by atomic mass is 10.2. The number of carbonyl (C=O) groups excluding carboxylic acids is 1. The SMILES string of the molecule is O=C(N/N=C\c1cccc(Cl)c1)c1ccc[nH]1. The highest BCUT2D eigenvalue weighted by Gasteiger charge is 2.02. The second kappa shape index (κ2) is 5.32. The third kappa shape index (κ3) is 3.19. The summed E-state index contributed by atoms with van der Waals surface area (Å²) in [5.74, 6) is -0.284. The van der Waals surface area contributed by atoms with E-state index in [0.29, 0.717) is 10.7 Å². The molecule has 86 valence electrons. The third-order valence-corrected chi connectivity index (χ3v) is 2.31. The summed E-state index contributed by atoms with van der Waals surface area (Å²) in [6.07, 6.45) is 3.21. The van der Waals surface area contributed by atoms with Crippen molar-refractivity contribution in [2.45, 2.75) is 0 Å². The fraction of sp³-hybridized carbons (Fsp3) is 0. The van der Waals surface area contributed by atoms with Gasteiger partial charge in [-0.2, -0.15) is 5.10 Å². The van der Waals surface area contributed by atoms with Gasteiger partial charge in [0.2, 0.25) is 0 Å². The van der Waals surface area contributed by atoms with Crippen LogP contribution in [0.15, 0.2) is 47.7 Å². The minimum atomic E-state index is -0.284. The van der Waals surface area contributed by atoms with Gasteiger partial charge < -0.3 is 4.98 Å². The normalized spacial score (nSPS) is 10.6. The highest BCUT2D eigenvalue weighted by molar-refractivity contribution is 6.30. The second-order valence-corrected chi connectivity index (χ2v) is 3.77. The van der Waals surface area contributed by atoms with Crippen molar-refractivity contribution in [3.8, 4) is 0 Å². The molecule has 1 amide bonds. The summed E-state index contributed by atoms with van der Waals surface area (Å²) >= 11 is 5.81. The largest absolute Gasteiger partial charge is 0.357 e. The predicted molar refractivity (Wildman–Crippen MR) is 67.3 cm³/mol. The van der Waals surface area contributed by atoms with Crippen LogP contribution in [0.4, 0.5) is 0 Å². The number of H-pyrrole nitrogens is 1. The van der Waals surface area contributed by atoms with Crippen molar-refractivity contribution >= 4 is 23.7 Å². The maximum absolute atomic E-state index is 11.5. The summed E-state index contributed by atoms with van der Waals surface area (Å²) in [6, 6.07) is 10.6. The fourth-order valence-electron chi connectivity index (χ4n) is 1.28. The molecule has 2 aromatic rings. The van der Waals surface area contributed by atoms with Gasteiger partial charge in [0, 0.05) is 11.2 Å². The van der Waals surface area contributed by atoms with Crippen molar-refractivity contribution in [1.29, 1.82) is 0 Å². The van der Waals surface area contributed by atoms with Crippen molar-refractivity contribution < 1.29 is 4.79 Å². The van der Waals surface area contributed by atoms with Crippen molar-refractivity contribution in [2.24, 2.45) is 5.10 Å². The van der Waals surface area contributed by atoms with Gasteiger partial charge >= 0.3 is 0 Å². The van der Waals surface area contributed by atoms with E-state index >= 15 is 0 Å². The number of hydrogen-bond acceptors (Lipinski definition) is 2. The minimum absolute atomic E-state index is 0.284. The molecule has 0 saturated carbocycles. The Morgan fingerprint density at radius 1 is 1.35 bits per heavy atom. The van der Waals surface area contributed by atoms with E-state index in [1.807, 2.05) is 12.1 Å². The molecule has 0 fully saturated rings. The van der Waals surface area contributed by atoms with Gasteiger partial charge in [-0.15, -0.1) is 0 Å². The van der Waals surface area contributed by atoms with E-state index in [0.717, 1.165) is 5.56 Å². The topological polar surface area (TPSA) is 57.2 Å². The van der Waals surface area contributed by atoms with E-state index < -0.39 is 0 Å². The lowest BCUT2D eigenvalue weighted by Gasteiger charge is -1.96. The molecule has 4 nitrogen and oxygen atoms in total. The molecule has 1 aromatic heterocycles. The number of nitrogens with zero attached hydrogens (tertiary/aromatic N) is 1. The zero-order chi connectivity index (χ0) is 12.1. The summed E-state index contributed by atoms with van der Waals surface area (Å²) in [7, 11) is 0. The summed E-state index contributed by atoms with van der Waals surface area (Å²) in [5, 5.41) is 4.46. The van der Waals surface area contributed by atoms with Crippen molar-refractivity contribution in [3.63, 3.8) is 0 Å². The third-order valence-electron chi connectivity index (χ3n) is 2.07. The van der Waals surface area contributed by atoms with Gasteiger partial charge in [-0.3, -0.25) is 4.79 Å². The molecule has 1 aromatic carbocycles. The number of aromatic amines is 1. The molecule has 0 unspecified atom stereocenters. The predicted octanol–water partition coefficient (Wildman–Crippen LogP) is 2.43. The minimum Gasteiger partial charge on any atom is -0.357 e. The molecule has 0 bridgehead atoms. The number of nitrogens with one attached hydrogen (secondary N) is 2. The first-order chi connectivity index (χ1) is 8.25. The Hall–Kier alpha value is -2.07. The van der Waals surface area contributed by atoms with E-state index in [4.69, 9.17) is 11.6 Å². The number of hydrazone groups is 1. The van der Waals surface area contributed by atoms with Crippen LogP contribution in [-0.4, -0.2) is 17.1 Å². The average Bonchev–Trinajstić information content (AvgIpc) is 2.82. The average molecular weight is 248 g/mol. The number of benzene rings is 1. The van der Waals surface area contributed by atoms with Crippen LogP contribution < -0.4 is 5.43 Å². The lowest BCUT2D eigenvalue weighted by molar-refractivity contribution is 0.0951. The number of hydrogen-bond donors (Lipinski definition) is 2. The highest BCUT2D eigenvalue weighted by Crippen LogP contribution is 2.08. The second-order valence-electron chi connectivity index (χ2n) is 3.34. The Kier molecular flexibility index (Phi) is 3.57. The Balaban J connectivity index is 1.96. The zero-order valence-corrected chi connectivity index (χ0v) is 9.61. The maximum atomic E-state index is 11.5. The van der Waals surface area contributed by atoms with E-state index in [1.54, 1.807) is 30.5 Å². The van der Waals surface area contributed by atoms with Gasteiger partial charge in [-0.1, -0.05) is 23.7 Å². The Morgan fingerprint density at radius 2 is 2.24 bits per heavy atom. The molecule has 0 saturated heterocycles. The van der Waals surface area contributed by atoms with Crippen LogP contribution in [-0.2, 0) is 0 Å². The molecule has 2 N–H and O–H groups in total. The van der Waals surface area contributed by atoms with Crippen molar-refractivity contribution in [2.75, 3.05) is 0 Å². The molecular formula is C12H10ClN3O. The summed E-state index contributed by atoms with van der Waals surface area (Å²) in [5.41, 5.74) is 3.70. The molecule has 0 radical (unpaired) electrons. The van der Waals surface area contributed by atoms with Crippen LogP contribution >= 0.6 is 11.6 Å². The van der Waals surface area contributed by atoms with Crippen LogP contribution in [0.5, 0.6) is 0 Å². The molecule has 1 heterocycles. The van der Waals surface area contributed by atoms with Crippen LogP contribution in [0.1, 0.15) is 16.1 Å². The van der Waals surface area contributed by atoms with Crippen molar-refractivity contribution in [1.82, 2.24) is 10.4 Å². The number of carbonyl (C=O) groups is 1. The Labute approximate surface area is 103 Å². The molecule has 0 aliphatic heterocycles. The molecule has 0 aliphatic rings. The lowest BCUT2D eigenvalue weighted by Crippen LogP contribution is -2.17. The molecular weight excluding hydrogens is 238 g/mol. The van der Waals surface area contributed by atoms with Gasteiger partial charge in [0.05, 0.1) is 6.21 Å². The van der Waals surface area contributed by atoms with Gasteiger partial charge in [0.15, 0.2) is 0 Å². The Bertz CT molecular complexity index is 534. The molecule has 2 rings (SSSR count). The Morgan fingerprint density at radius 3 is 2.94 bits per heavy atom. The van der Waals surface area contributed by atoms with Crippen LogP contribution in [0.2, 0.25) is 5.02 Å². The molecule has 5 heteroatoms. The van der Waals surface area contributed by atoms with E-state index in [-0.39, 0.29) is 5.91 Å². The first-order valence-corrected chi connectivity index (χ1v) is 5.36. The number of amides is 1. The molecule has 0 aliphatic carbocycles. The number of aromatic nitrogens is 1. The number of halogens is 1. The maximum Gasteiger partial charge on any atom is 0.287 e. The standard InChI is InChI=1S/C12H10ClN3O/c13-10-4-1-3-9(7-10)8-15-16-12(17)11-5-2-6-14-11/h1-8,14H,(H,16,17)/b15-8-. The van der Waals surface area contributed by atoms with Gasteiger partial charge in [-0.25, -0.2) is 5.43 Å². The molecule has 0 spiro atoms.